The zero-order valence-corrected chi connectivity index (χ0v) is 27.6. The van der Waals surface area contributed by atoms with Crippen LogP contribution in [0.15, 0.2) is 108 Å². The molecule has 0 fully saturated rings. The number of nitrogens with zero attached hydrogens (tertiary/aromatic N) is 2. The summed E-state index contributed by atoms with van der Waals surface area (Å²) in [5.41, 5.74) is 0.419. The normalized spacial score (nSPS) is 13.0. The highest BCUT2D eigenvalue weighted by Gasteiger charge is 2.36. The standard InChI is InChI=1S/C36H37F4N3O4S/c1-4-26(3)41-35(45)33(21-27-9-6-5-7-10-27)42(23-28-15-17-30(37)18-16-28)34(44)24-43(31-12-8-11-29(22-31)36(38,39)40)48(46,47)32-19-13-25(2)14-20-32/h5-20,22,26,33H,4,21,23-24H2,1-3H3,(H,41,45)/t26-,33-/m1/s1. The van der Waals surface area contributed by atoms with Gasteiger partial charge in [0.1, 0.15) is 18.4 Å². The smallest absolute Gasteiger partial charge is 0.352 e. The summed E-state index contributed by atoms with van der Waals surface area (Å²) in [7, 11) is -4.60. The highest BCUT2D eigenvalue weighted by Crippen LogP contribution is 2.33. The van der Waals surface area contributed by atoms with Crippen LogP contribution >= 0.6 is 0 Å². The van der Waals surface area contributed by atoms with E-state index in [4.69, 9.17) is 0 Å². The molecule has 0 aliphatic carbocycles. The van der Waals surface area contributed by atoms with E-state index in [0.29, 0.717) is 27.9 Å². The van der Waals surface area contributed by atoms with Crippen LogP contribution in [-0.2, 0) is 38.8 Å². The van der Waals surface area contributed by atoms with Crippen molar-refractivity contribution in [2.45, 2.75) is 63.3 Å². The van der Waals surface area contributed by atoms with E-state index in [2.05, 4.69) is 5.32 Å². The van der Waals surface area contributed by atoms with Gasteiger partial charge in [-0.3, -0.25) is 13.9 Å². The molecule has 0 bridgehead atoms. The number of rotatable bonds is 13. The predicted molar refractivity (Wildman–Crippen MR) is 176 cm³/mol. The third-order valence-corrected chi connectivity index (χ3v) is 9.68. The molecule has 0 heterocycles. The summed E-state index contributed by atoms with van der Waals surface area (Å²) in [5, 5.41) is 2.90. The molecule has 0 radical (unpaired) electrons. The van der Waals surface area contributed by atoms with Crippen LogP contribution in [0.4, 0.5) is 23.2 Å². The average Bonchev–Trinajstić information content (AvgIpc) is 3.06. The molecule has 4 rings (SSSR count). The Morgan fingerprint density at radius 3 is 2.10 bits per heavy atom. The molecule has 254 valence electrons. The molecule has 0 saturated carbocycles. The molecule has 2 atom stereocenters. The highest BCUT2D eigenvalue weighted by molar-refractivity contribution is 7.92. The van der Waals surface area contributed by atoms with Gasteiger partial charge in [-0.2, -0.15) is 13.2 Å². The SMILES string of the molecule is CC[C@@H](C)NC(=O)[C@@H](Cc1ccccc1)N(Cc1ccc(F)cc1)C(=O)CN(c1cccc(C(F)(F)F)c1)S(=O)(=O)c1ccc(C)cc1. The molecular weight excluding hydrogens is 646 g/mol. The highest BCUT2D eigenvalue weighted by atomic mass is 32.2. The molecular formula is C36H37F4N3O4S. The summed E-state index contributed by atoms with van der Waals surface area (Å²) in [6.45, 7) is 4.27. The minimum absolute atomic E-state index is 0.0459. The van der Waals surface area contributed by atoms with Gasteiger partial charge in [0, 0.05) is 19.0 Å². The van der Waals surface area contributed by atoms with Crippen molar-refractivity contribution in [3.05, 3.63) is 131 Å². The van der Waals surface area contributed by atoms with Gasteiger partial charge in [0.2, 0.25) is 11.8 Å². The minimum atomic E-state index is -4.79. The largest absolute Gasteiger partial charge is 0.416 e. The maximum atomic E-state index is 14.4. The number of halogens is 4. The summed E-state index contributed by atoms with van der Waals surface area (Å²) in [4.78, 5) is 29.3. The van der Waals surface area contributed by atoms with E-state index in [0.717, 1.165) is 17.7 Å². The lowest BCUT2D eigenvalue weighted by molar-refractivity contribution is -0.140. The van der Waals surface area contributed by atoms with E-state index in [9.17, 15) is 35.6 Å². The van der Waals surface area contributed by atoms with E-state index < -0.39 is 52.0 Å². The van der Waals surface area contributed by atoms with Crippen LogP contribution in [-0.4, -0.2) is 43.8 Å². The van der Waals surface area contributed by atoms with E-state index in [1.165, 1.54) is 59.5 Å². The molecule has 48 heavy (non-hydrogen) atoms. The second kappa shape index (κ2) is 15.5. The van der Waals surface area contributed by atoms with Crippen LogP contribution in [0.3, 0.4) is 0 Å². The first-order valence-corrected chi connectivity index (χ1v) is 16.8. The Morgan fingerprint density at radius 2 is 1.50 bits per heavy atom. The molecule has 1 N–H and O–H groups in total. The number of carbonyl (C=O) groups is 2. The van der Waals surface area contributed by atoms with Gasteiger partial charge in [-0.25, -0.2) is 12.8 Å². The lowest BCUT2D eigenvalue weighted by atomic mass is 10.0. The van der Waals surface area contributed by atoms with Crippen molar-refractivity contribution in [2.75, 3.05) is 10.8 Å². The lowest BCUT2D eigenvalue weighted by Gasteiger charge is -2.34. The van der Waals surface area contributed by atoms with Gasteiger partial charge in [0.05, 0.1) is 16.1 Å². The third-order valence-electron chi connectivity index (χ3n) is 7.89. The average molecular weight is 684 g/mol. The fourth-order valence-corrected chi connectivity index (χ4v) is 6.39. The number of hydrogen-bond donors (Lipinski definition) is 1. The number of carbonyl (C=O) groups excluding carboxylic acids is 2. The zero-order valence-electron chi connectivity index (χ0n) is 26.7. The van der Waals surface area contributed by atoms with Gasteiger partial charge in [-0.1, -0.05) is 73.2 Å². The zero-order chi connectivity index (χ0) is 35.1. The number of anilines is 1. The molecule has 0 aliphatic rings. The quantitative estimate of drug-likeness (QED) is 0.155. The van der Waals surface area contributed by atoms with Crippen LogP contribution < -0.4 is 9.62 Å². The summed E-state index contributed by atoms with van der Waals surface area (Å²) < 4.78 is 84.0. The molecule has 12 heteroatoms. The van der Waals surface area contributed by atoms with Crippen molar-refractivity contribution in [3.8, 4) is 0 Å². The third kappa shape index (κ3) is 9.21. The monoisotopic (exact) mass is 683 g/mol. The lowest BCUT2D eigenvalue weighted by Crippen LogP contribution is -2.54. The van der Waals surface area contributed by atoms with E-state index >= 15 is 0 Å². The Bertz CT molecular complexity index is 1800. The van der Waals surface area contributed by atoms with Gasteiger partial charge < -0.3 is 10.2 Å². The van der Waals surface area contributed by atoms with Gasteiger partial charge >= 0.3 is 6.18 Å². The minimum Gasteiger partial charge on any atom is -0.352 e. The molecule has 0 aliphatic heterocycles. The number of alkyl halides is 3. The van der Waals surface area contributed by atoms with Crippen molar-refractivity contribution >= 4 is 27.5 Å². The van der Waals surface area contributed by atoms with Crippen molar-refractivity contribution in [3.63, 3.8) is 0 Å². The summed E-state index contributed by atoms with van der Waals surface area (Å²) in [6.07, 6.45) is -4.15. The molecule has 0 saturated heterocycles. The first-order valence-electron chi connectivity index (χ1n) is 15.3. The Morgan fingerprint density at radius 1 is 0.854 bits per heavy atom. The first-order chi connectivity index (χ1) is 22.7. The van der Waals surface area contributed by atoms with Crippen LogP contribution in [0.5, 0.6) is 0 Å². The second-order valence-electron chi connectivity index (χ2n) is 11.5. The summed E-state index contributed by atoms with van der Waals surface area (Å²) in [5.74, 6) is -1.88. The molecule has 7 nitrogen and oxygen atoms in total. The topological polar surface area (TPSA) is 86.8 Å². The number of sulfonamides is 1. The van der Waals surface area contributed by atoms with E-state index in [1.54, 1.807) is 44.2 Å². The number of aryl methyl sites for hydroxylation is 1. The molecule has 0 aromatic heterocycles. The van der Waals surface area contributed by atoms with Crippen LogP contribution in [0.2, 0.25) is 0 Å². The van der Waals surface area contributed by atoms with Gasteiger partial charge in [-0.05, 0) is 73.9 Å². The fraction of sp³-hybridized carbons (Fsp3) is 0.278. The molecule has 0 unspecified atom stereocenters. The van der Waals surface area contributed by atoms with Crippen LogP contribution in [0, 0.1) is 12.7 Å². The number of benzene rings is 4. The van der Waals surface area contributed by atoms with Gasteiger partial charge in [-0.15, -0.1) is 0 Å². The van der Waals surface area contributed by atoms with Crippen molar-refractivity contribution in [1.29, 1.82) is 0 Å². The molecule has 0 spiro atoms. The summed E-state index contributed by atoms with van der Waals surface area (Å²) in [6, 6.07) is 22.1. The van der Waals surface area contributed by atoms with Gasteiger partial charge in [0.25, 0.3) is 10.0 Å². The Balaban J connectivity index is 1.84. The van der Waals surface area contributed by atoms with Crippen molar-refractivity contribution in [1.82, 2.24) is 10.2 Å². The van der Waals surface area contributed by atoms with Crippen LogP contribution in [0.25, 0.3) is 0 Å². The Hall–Kier alpha value is -4.71. The van der Waals surface area contributed by atoms with Crippen molar-refractivity contribution < 1.29 is 35.6 Å². The maximum absolute atomic E-state index is 14.4. The first kappa shape index (κ1) is 36.1. The molecule has 4 aromatic carbocycles. The Labute approximate surface area is 278 Å². The molecule has 2 amide bonds. The summed E-state index contributed by atoms with van der Waals surface area (Å²) >= 11 is 0. The van der Waals surface area contributed by atoms with E-state index in [1.807, 2.05) is 6.92 Å². The van der Waals surface area contributed by atoms with E-state index in [-0.39, 0.29) is 29.6 Å². The van der Waals surface area contributed by atoms with Crippen LogP contribution in [0.1, 0.15) is 42.5 Å². The maximum Gasteiger partial charge on any atom is 0.416 e. The number of nitrogens with one attached hydrogen (secondary N) is 1. The number of hydrogen-bond acceptors (Lipinski definition) is 4. The Kier molecular flexibility index (Phi) is 11.6. The fourth-order valence-electron chi connectivity index (χ4n) is 4.99. The van der Waals surface area contributed by atoms with Gasteiger partial charge in [0.15, 0.2) is 0 Å². The second-order valence-corrected chi connectivity index (χ2v) is 13.4. The molecule has 4 aromatic rings. The van der Waals surface area contributed by atoms with Crippen molar-refractivity contribution in [2.24, 2.45) is 0 Å². The predicted octanol–water partition coefficient (Wildman–Crippen LogP) is 6.90. The number of amides is 2.